The highest BCUT2D eigenvalue weighted by Crippen LogP contribution is 2.42. The summed E-state index contributed by atoms with van der Waals surface area (Å²) >= 11 is 0. The third-order valence-corrected chi connectivity index (χ3v) is 11.4. The second kappa shape index (κ2) is 8.89. The second-order valence-electron chi connectivity index (χ2n) is 11.9. The van der Waals surface area contributed by atoms with Gasteiger partial charge in [-0.15, -0.1) is 0 Å². The highest BCUT2D eigenvalue weighted by Gasteiger charge is 2.27. The van der Waals surface area contributed by atoms with Gasteiger partial charge < -0.3 is 0 Å². The highest BCUT2D eigenvalue weighted by molar-refractivity contribution is 6.91. The van der Waals surface area contributed by atoms with Crippen molar-refractivity contribution in [3.8, 4) is 22.3 Å². The molecular weight excluding hydrogens is 429 g/mol. The van der Waals surface area contributed by atoms with Gasteiger partial charge in [0.05, 0.1) is 16.1 Å². The van der Waals surface area contributed by atoms with Gasteiger partial charge in [-0.25, -0.2) is 0 Å². The quantitative estimate of drug-likeness (QED) is 0.321. The van der Waals surface area contributed by atoms with E-state index in [1.807, 2.05) is 0 Å². The van der Waals surface area contributed by atoms with E-state index < -0.39 is 16.1 Å². The number of rotatable bonds is 6. The van der Waals surface area contributed by atoms with Crippen LogP contribution in [0.4, 0.5) is 0 Å². The molecule has 172 valence electrons. The van der Waals surface area contributed by atoms with E-state index in [9.17, 15) is 0 Å². The van der Waals surface area contributed by atoms with Crippen molar-refractivity contribution >= 4 is 32.6 Å². The number of hydrogen-bond acceptors (Lipinski definition) is 0. The molecule has 0 nitrogen and oxygen atoms in total. The zero-order chi connectivity index (χ0) is 24.0. The predicted octanol–water partition coefficient (Wildman–Crippen LogP) is 8.10. The lowest BCUT2D eigenvalue weighted by atomic mass is 9.89. The minimum atomic E-state index is -1.46. The number of hydrogen-bond donors (Lipinski definition) is 0. The largest absolute Gasteiger partial charge is 0.0776 e. The van der Waals surface area contributed by atoms with Crippen LogP contribution < -0.4 is 10.4 Å². The van der Waals surface area contributed by atoms with Crippen LogP contribution in [-0.2, 0) is 6.42 Å². The summed E-state index contributed by atoms with van der Waals surface area (Å²) in [4.78, 5) is 0. The molecule has 0 heterocycles. The van der Waals surface area contributed by atoms with E-state index in [1.54, 1.807) is 15.9 Å². The average molecular weight is 469 g/mol. The fourth-order valence-electron chi connectivity index (χ4n) is 4.82. The Hall–Kier alpha value is -2.17. The molecule has 0 aliphatic heterocycles. The summed E-state index contributed by atoms with van der Waals surface area (Å²) in [6, 6.07) is 23.4. The molecule has 0 bridgehead atoms. The molecule has 1 aliphatic carbocycles. The molecule has 33 heavy (non-hydrogen) atoms. The maximum Gasteiger partial charge on any atom is 0.0776 e. The first-order valence-electron chi connectivity index (χ1n) is 12.6. The van der Waals surface area contributed by atoms with Crippen LogP contribution in [0.2, 0.25) is 39.3 Å². The van der Waals surface area contributed by atoms with E-state index in [4.69, 9.17) is 0 Å². The third kappa shape index (κ3) is 4.88. The Kier molecular flexibility index (Phi) is 6.46. The molecule has 0 aromatic heterocycles. The molecule has 0 radical (unpaired) electrons. The van der Waals surface area contributed by atoms with Gasteiger partial charge in [-0.1, -0.05) is 136 Å². The molecular formula is C31H40Si2. The predicted molar refractivity (Wildman–Crippen MR) is 154 cm³/mol. The summed E-state index contributed by atoms with van der Waals surface area (Å²) in [5, 5.41) is 3.16. The normalized spacial score (nSPS) is 14.7. The SMILES string of the molecule is CCC(C)C1=Cc2c(ccc(-c3ccccc3)c2-c2cc([Si](C)(C)C)cc([Si](C)(C)C)c2)C1. The lowest BCUT2D eigenvalue weighted by molar-refractivity contribution is 0.647. The summed E-state index contributed by atoms with van der Waals surface area (Å²) < 4.78 is 0. The zero-order valence-corrected chi connectivity index (χ0v) is 23.8. The molecule has 1 atom stereocenters. The zero-order valence-electron chi connectivity index (χ0n) is 21.8. The Morgan fingerprint density at radius 3 is 1.91 bits per heavy atom. The minimum absolute atomic E-state index is 0.635. The van der Waals surface area contributed by atoms with E-state index in [1.165, 1.54) is 39.8 Å². The van der Waals surface area contributed by atoms with Crippen molar-refractivity contribution in [1.82, 2.24) is 0 Å². The Balaban J connectivity index is 2.05. The Morgan fingerprint density at radius 2 is 1.36 bits per heavy atom. The van der Waals surface area contributed by atoms with Crippen molar-refractivity contribution in [2.45, 2.75) is 66.0 Å². The molecule has 2 heteroatoms. The average Bonchev–Trinajstić information content (AvgIpc) is 3.21. The summed E-state index contributed by atoms with van der Waals surface area (Å²) in [5.41, 5.74) is 10.1. The van der Waals surface area contributed by atoms with E-state index >= 15 is 0 Å². The van der Waals surface area contributed by atoms with Crippen molar-refractivity contribution in [2.24, 2.45) is 5.92 Å². The second-order valence-corrected chi connectivity index (χ2v) is 22.1. The molecule has 0 saturated heterocycles. The van der Waals surface area contributed by atoms with E-state index in [-0.39, 0.29) is 0 Å². The van der Waals surface area contributed by atoms with Crippen LogP contribution in [-0.4, -0.2) is 16.1 Å². The van der Waals surface area contributed by atoms with Gasteiger partial charge in [0.1, 0.15) is 0 Å². The molecule has 4 rings (SSSR count). The maximum atomic E-state index is 2.55. The van der Waals surface area contributed by atoms with Crippen molar-refractivity contribution in [2.75, 3.05) is 0 Å². The monoisotopic (exact) mass is 468 g/mol. The van der Waals surface area contributed by atoms with E-state index in [0.29, 0.717) is 5.92 Å². The number of allylic oxidation sites excluding steroid dienone is 1. The lowest BCUT2D eigenvalue weighted by Gasteiger charge is -2.25. The van der Waals surface area contributed by atoms with E-state index in [0.717, 1.165) is 6.42 Å². The van der Waals surface area contributed by atoms with Gasteiger partial charge in [0.15, 0.2) is 0 Å². The van der Waals surface area contributed by atoms with Gasteiger partial charge in [-0.05, 0) is 52.1 Å². The van der Waals surface area contributed by atoms with E-state index in [2.05, 4.69) is 120 Å². The van der Waals surface area contributed by atoms with Gasteiger partial charge in [-0.3, -0.25) is 0 Å². The molecule has 1 aliphatic rings. The first kappa shape index (κ1) is 24.0. The molecule has 0 spiro atoms. The molecule has 3 aromatic rings. The Bertz CT molecular complexity index is 1160. The smallest absolute Gasteiger partial charge is 0.0656 e. The summed E-state index contributed by atoms with van der Waals surface area (Å²) in [6.07, 6.45) is 4.83. The fraction of sp³-hybridized carbons (Fsp3) is 0.355. The third-order valence-electron chi connectivity index (χ3n) is 7.34. The maximum absolute atomic E-state index is 2.55. The summed E-state index contributed by atoms with van der Waals surface area (Å²) in [6.45, 7) is 19.6. The standard InChI is InChI=1S/C31H40Si2/c1-9-22(2)25-17-24-15-16-29(23-13-11-10-12-14-23)31(30(24)20-25)26-18-27(32(3,4)5)21-28(19-26)33(6,7)8/h10-16,18-22H,9,17H2,1-8H3. The number of fused-ring (bicyclic) bond motifs is 1. The molecule has 0 fully saturated rings. The summed E-state index contributed by atoms with van der Waals surface area (Å²) in [5.74, 6) is 0.635. The molecule has 0 amide bonds. The van der Waals surface area contributed by atoms with Crippen LogP contribution >= 0.6 is 0 Å². The molecule has 3 aromatic carbocycles. The van der Waals surface area contributed by atoms with Crippen LogP contribution in [0.25, 0.3) is 28.3 Å². The number of benzene rings is 3. The van der Waals surface area contributed by atoms with Crippen LogP contribution in [0.3, 0.4) is 0 Å². The van der Waals surface area contributed by atoms with Crippen LogP contribution in [0.5, 0.6) is 0 Å². The molecule has 0 N–H and O–H groups in total. The summed E-state index contributed by atoms with van der Waals surface area (Å²) in [7, 11) is -2.92. The van der Waals surface area contributed by atoms with Gasteiger partial charge in [0, 0.05) is 0 Å². The van der Waals surface area contributed by atoms with Crippen LogP contribution in [0.15, 0.2) is 66.2 Å². The Labute approximate surface area is 203 Å². The van der Waals surface area contributed by atoms with Crippen molar-refractivity contribution < 1.29 is 0 Å². The van der Waals surface area contributed by atoms with Crippen LogP contribution in [0.1, 0.15) is 31.4 Å². The highest BCUT2D eigenvalue weighted by atomic mass is 28.3. The molecule has 0 saturated carbocycles. The minimum Gasteiger partial charge on any atom is -0.0656 e. The first-order chi connectivity index (χ1) is 15.5. The van der Waals surface area contributed by atoms with Crippen LogP contribution in [0, 0.1) is 5.92 Å². The van der Waals surface area contributed by atoms with Gasteiger partial charge in [-0.2, -0.15) is 0 Å². The van der Waals surface area contributed by atoms with Gasteiger partial charge in [0.25, 0.3) is 0 Å². The van der Waals surface area contributed by atoms with Crippen molar-refractivity contribution in [1.29, 1.82) is 0 Å². The molecule has 1 unspecified atom stereocenters. The van der Waals surface area contributed by atoms with Crippen molar-refractivity contribution in [3.63, 3.8) is 0 Å². The van der Waals surface area contributed by atoms with Gasteiger partial charge in [0.2, 0.25) is 0 Å². The first-order valence-corrected chi connectivity index (χ1v) is 19.6. The fourth-order valence-corrected chi connectivity index (χ4v) is 7.32. The van der Waals surface area contributed by atoms with Crippen molar-refractivity contribution in [3.05, 3.63) is 77.4 Å². The lowest BCUT2D eigenvalue weighted by Crippen LogP contribution is -2.45. The Morgan fingerprint density at radius 1 is 0.758 bits per heavy atom. The topological polar surface area (TPSA) is 0 Å². The van der Waals surface area contributed by atoms with Gasteiger partial charge >= 0.3 is 0 Å².